The molecule has 0 aliphatic rings. The summed E-state index contributed by atoms with van der Waals surface area (Å²) in [5, 5.41) is 3.49. The van der Waals surface area contributed by atoms with Crippen LogP contribution in [0.2, 0.25) is 5.02 Å². The van der Waals surface area contributed by atoms with E-state index >= 15 is 0 Å². The summed E-state index contributed by atoms with van der Waals surface area (Å²) < 4.78 is 0.767. The summed E-state index contributed by atoms with van der Waals surface area (Å²) in [6, 6.07) is 5.26. The molecule has 0 heterocycles. The predicted molar refractivity (Wildman–Crippen MR) is 79.8 cm³/mol. The van der Waals surface area contributed by atoms with Crippen LogP contribution in [0.5, 0.6) is 0 Å². The van der Waals surface area contributed by atoms with Gasteiger partial charge in [-0.3, -0.25) is 4.79 Å². The summed E-state index contributed by atoms with van der Waals surface area (Å²) >= 11 is 9.22. The number of anilines is 1. The normalized spacial score (nSPS) is 12.6. The van der Waals surface area contributed by atoms with E-state index in [4.69, 9.17) is 17.3 Å². The summed E-state index contributed by atoms with van der Waals surface area (Å²) in [5.41, 5.74) is 6.36. The molecule has 0 saturated heterocycles. The van der Waals surface area contributed by atoms with Crippen LogP contribution in [0.1, 0.15) is 20.3 Å². The summed E-state index contributed by atoms with van der Waals surface area (Å²) in [7, 11) is 0. The average molecular weight is 334 g/mol. The van der Waals surface area contributed by atoms with Crippen molar-refractivity contribution in [2.45, 2.75) is 20.3 Å². The summed E-state index contributed by atoms with van der Waals surface area (Å²) in [6.07, 6.45) is 0.785. The van der Waals surface area contributed by atoms with Gasteiger partial charge in [0.15, 0.2) is 0 Å². The lowest BCUT2D eigenvalue weighted by molar-refractivity contribution is -0.120. The Hall–Kier alpha value is -0.580. The van der Waals surface area contributed by atoms with Gasteiger partial charge in [-0.05, 0) is 46.5 Å². The van der Waals surface area contributed by atoms with Crippen molar-refractivity contribution in [2.24, 2.45) is 17.6 Å². The number of amides is 1. The molecule has 0 radical (unpaired) electrons. The molecule has 1 unspecified atom stereocenters. The molecular formula is C13H18BrClN2O. The molecule has 0 aliphatic heterocycles. The molecule has 1 atom stereocenters. The van der Waals surface area contributed by atoms with Gasteiger partial charge >= 0.3 is 0 Å². The first-order chi connectivity index (χ1) is 8.43. The highest BCUT2D eigenvalue weighted by Crippen LogP contribution is 2.26. The molecule has 100 valence electrons. The molecule has 0 aromatic heterocycles. The number of nitrogens with one attached hydrogen (secondary N) is 1. The number of benzene rings is 1. The van der Waals surface area contributed by atoms with E-state index in [0.29, 0.717) is 23.2 Å². The zero-order valence-corrected chi connectivity index (χ0v) is 12.9. The van der Waals surface area contributed by atoms with Gasteiger partial charge in [-0.1, -0.05) is 25.4 Å². The molecule has 18 heavy (non-hydrogen) atoms. The standard InChI is InChI=1S/C13H18BrClN2O/c1-8(2)5-9(7-16)13(18)17-12-4-3-10(15)6-11(12)14/h3-4,6,8-9H,5,7,16H2,1-2H3,(H,17,18). The Morgan fingerprint density at radius 2 is 2.17 bits per heavy atom. The van der Waals surface area contributed by atoms with Crippen LogP contribution in [-0.4, -0.2) is 12.5 Å². The molecule has 1 aromatic rings. The zero-order valence-electron chi connectivity index (χ0n) is 10.5. The number of halogens is 2. The third kappa shape index (κ3) is 4.59. The fraction of sp³-hybridized carbons (Fsp3) is 0.462. The van der Waals surface area contributed by atoms with Crippen molar-refractivity contribution in [1.82, 2.24) is 0 Å². The largest absolute Gasteiger partial charge is 0.330 e. The van der Waals surface area contributed by atoms with E-state index in [0.717, 1.165) is 10.9 Å². The van der Waals surface area contributed by atoms with Crippen molar-refractivity contribution in [2.75, 3.05) is 11.9 Å². The number of nitrogens with two attached hydrogens (primary N) is 1. The number of carbonyl (C=O) groups is 1. The quantitative estimate of drug-likeness (QED) is 0.864. The zero-order chi connectivity index (χ0) is 13.7. The lowest BCUT2D eigenvalue weighted by Crippen LogP contribution is -2.30. The van der Waals surface area contributed by atoms with E-state index in [9.17, 15) is 4.79 Å². The molecule has 3 nitrogen and oxygen atoms in total. The molecule has 1 rings (SSSR count). The van der Waals surface area contributed by atoms with Crippen LogP contribution in [0.15, 0.2) is 22.7 Å². The lowest BCUT2D eigenvalue weighted by Gasteiger charge is -2.17. The van der Waals surface area contributed by atoms with E-state index in [2.05, 4.69) is 35.1 Å². The average Bonchev–Trinajstić information content (AvgIpc) is 2.29. The van der Waals surface area contributed by atoms with E-state index in [1.165, 1.54) is 0 Å². The van der Waals surface area contributed by atoms with E-state index in [-0.39, 0.29) is 11.8 Å². The van der Waals surface area contributed by atoms with Gasteiger partial charge in [-0.15, -0.1) is 0 Å². The van der Waals surface area contributed by atoms with Crippen LogP contribution >= 0.6 is 27.5 Å². The molecule has 0 spiro atoms. The molecule has 0 saturated carbocycles. The Labute approximate surface area is 121 Å². The Kier molecular flexibility index (Phi) is 6.12. The highest BCUT2D eigenvalue weighted by atomic mass is 79.9. The van der Waals surface area contributed by atoms with Crippen LogP contribution in [0.3, 0.4) is 0 Å². The summed E-state index contributed by atoms with van der Waals surface area (Å²) in [4.78, 5) is 12.1. The summed E-state index contributed by atoms with van der Waals surface area (Å²) in [6.45, 7) is 4.51. The topological polar surface area (TPSA) is 55.1 Å². The maximum absolute atomic E-state index is 12.1. The first-order valence-corrected chi connectivity index (χ1v) is 7.07. The second-order valence-corrected chi connectivity index (χ2v) is 5.97. The van der Waals surface area contributed by atoms with Crippen molar-refractivity contribution in [3.63, 3.8) is 0 Å². The molecule has 1 amide bonds. The van der Waals surface area contributed by atoms with Gasteiger partial charge in [0.25, 0.3) is 0 Å². The number of carbonyl (C=O) groups excluding carboxylic acids is 1. The maximum Gasteiger partial charge on any atom is 0.228 e. The summed E-state index contributed by atoms with van der Waals surface area (Å²) in [5.74, 6) is 0.236. The van der Waals surface area contributed by atoms with Gasteiger partial charge in [0.05, 0.1) is 11.6 Å². The highest BCUT2D eigenvalue weighted by Gasteiger charge is 2.18. The van der Waals surface area contributed by atoms with Gasteiger partial charge in [-0.25, -0.2) is 0 Å². The minimum absolute atomic E-state index is 0.0470. The minimum Gasteiger partial charge on any atom is -0.330 e. The van der Waals surface area contributed by atoms with Gasteiger partial charge in [-0.2, -0.15) is 0 Å². The minimum atomic E-state index is -0.160. The Morgan fingerprint density at radius 3 is 2.67 bits per heavy atom. The van der Waals surface area contributed by atoms with Crippen molar-refractivity contribution >= 4 is 39.1 Å². The fourth-order valence-corrected chi connectivity index (χ4v) is 2.49. The molecular weight excluding hydrogens is 316 g/mol. The number of hydrogen-bond acceptors (Lipinski definition) is 2. The highest BCUT2D eigenvalue weighted by molar-refractivity contribution is 9.10. The second kappa shape index (κ2) is 7.12. The first kappa shape index (κ1) is 15.5. The molecule has 1 aromatic carbocycles. The smallest absolute Gasteiger partial charge is 0.228 e. The third-order valence-corrected chi connectivity index (χ3v) is 3.49. The number of hydrogen-bond donors (Lipinski definition) is 2. The Bertz CT molecular complexity index is 423. The van der Waals surface area contributed by atoms with Crippen molar-refractivity contribution < 1.29 is 4.79 Å². The first-order valence-electron chi connectivity index (χ1n) is 5.90. The van der Waals surface area contributed by atoms with Crippen LogP contribution in [0.4, 0.5) is 5.69 Å². The van der Waals surface area contributed by atoms with Crippen LogP contribution in [0.25, 0.3) is 0 Å². The predicted octanol–water partition coefficient (Wildman–Crippen LogP) is 3.66. The molecule has 0 fully saturated rings. The third-order valence-electron chi connectivity index (χ3n) is 2.60. The van der Waals surface area contributed by atoms with E-state index in [1.54, 1.807) is 18.2 Å². The van der Waals surface area contributed by atoms with Crippen molar-refractivity contribution in [3.8, 4) is 0 Å². The maximum atomic E-state index is 12.1. The Balaban J connectivity index is 2.73. The van der Waals surface area contributed by atoms with Gasteiger partial charge in [0.1, 0.15) is 0 Å². The fourth-order valence-electron chi connectivity index (χ4n) is 1.70. The van der Waals surface area contributed by atoms with Crippen molar-refractivity contribution in [3.05, 3.63) is 27.7 Å². The van der Waals surface area contributed by atoms with Crippen LogP contribution in [0, 0.1) is 11.8 Å². The van der Waals surface area contributed by atoms with Crippen LogP contribution in [-0.2, 0) is 4.79 Å². The van der Waals surface area contributed by atoms with E-state index < -0.39 is 0 Å². The monoisotopic (exact) mass is 332 g/mol. The lowest BCUT2D eigenvalue weighted by atomic mass is 9.96. The van der Waals surface area contributed by atoms with E-state index in [1.807, 2.05) is 0 Å². The van der Waals surface area contributed by atoms with Gasteiger partial charge in [0, 0.05) is 16.0 Å². The SMILES string of the molecule is CC(C)CC(CN)C(=O)Nc1ccc(Cl)cc1Br. The molecule has 0 bridgehead atoms. The van der Waals surface area contributed by atoms with Crippen LogP contribution < -0.4 is 11.1 Å². The van der Waals surface area contributed by atoms with Gasteiger partial charge in [0.2, 0.25) is 5.91 Å². The molecule has 5 heteroatoms. The molecule has 3 N–H and O–H groups in total. The second-order valence-electron chi connectivity index (χ2n) is 4.68. The van der Waals surface area contributed by atoms with Crippen molar-refractivity contribution in [1.29, 1.82) is 0 Å². The van der Waals surface area contributed by atoms with Gasteiger partial charge < -0.3 is 11.1 Å². The number of rotatable bonds is 5. The molecule has 0 aliphatic carbocycles. The Morgan fingerprint density at radius 1 is 1.50 bits per heavy atom.